The van der Waals surface area contributed by atoms with Gasteiger partial charge in [-0.2, -0.15) is 0 Å². The second-order valence-corrected chi connectivity index (χ2v) is 21.7. The highest BCUT2D eigenvalue weighted by atomic mass is 127. The Kier molecular flexibility index (Phi) is 12.7. The Morgan fingerprint density at radius 3 is 1.57 bits per heavy atom. The molecule has 0 aromatic heterocycles. The van der Waals surface area contributed by atoms with Crippen molar-refractivity contribution in [2.24, 2.45) is 0 Å². The van der Waals surface area contributed by atoms with Gasteiger partial charge in [-0.15, -0.1) is 0 Å². The lowest BCUT2D eigenvalue weighted by Crippen LogP contribution is -2.41. The van der Waals surface area contributed by atoms with Crippen LogP contribution in [-0.2, 0) is 32.9 Å². The van der Waals surface area contributed by atoms with Crippen molar-refractivity contribution in [3.05, 3.63) is 125 Å². The van der Waals surface area contributed by atoms with Crippen LogP contribution in [0.3, 0.4) is 0 Å². The topological polar surface area (TPSA) is 151 Å². The number of halogens is 8. The molecule has 0 radical (unpaired) electrons. The molecule has 60 heavy (non-hydrogen) atoms. The van der Waals surface area contributed by atoms with E-state index in [1.54, 1.807) is 24.3 Å². The molecule has 2 unspecified atom stereocenters. The maximum atomic E-state index is 14.8. The summed E-state index contributed by atoms with van der Waals surface area (Å²) in [4.78, 5) is 0. The normalized spacial score (nSPS) is 22.2. The Balaban J connectivity index is 0.000000182. The van der Waals surface area contributed by atoms with E-state index in [-0.39, 0.29) is 71.9 Å². The first-order valence-corrected chi connectivity index (χ1v) is 23.6. The van der Waals surface area contributed by atoms with Crippen molar-refractivity contribution in [3.63, 3.8) is 0 Å². The number of hydrogen-bond donors (Lipinski definition) is 4. The van der Waals surface area contributed by atoms with Crippen LogP contribution in [0, 0.1) is 42.0 Å². The first-order valence-electron chi connectivity index (χ1n) is 18.5. The van der Waals surface area contributed by atoms with Crippen LogP contribution >= 0.6 is 45.2 Å². The zero-order valence-electron chi connectivity index (χ0n) is 31.2. The van der Waals surface area contributed by atoms with Gasteiger partial charge in [0.15, 0.2) is 23.3 Å². The molecule has 0 bridgehead atoms. The zero-order valence-corrected chi connectivity index (χ0v) is 37.1. The van der Waals surface area contributed by atoms with Gasteiger partial charge in [0.2, 0.25) is 20.0 Å². The predicted molar refractivity (Wildman–Crippen MR) is 227 cm³/mol. The summed E-state index contributed by atoms with van der Waals surface area (Å²) in [5.41, 5.74) is -1.06. The van der Waals surface area contributed by atoms with Crippen molar-refractivity contribution in [3.8, 4) is 11.5 Å². The summed E-state index contributed by atoms with van der Waals surface area (Å²) in [5.74, 6) is -6.78. The third kappa shape index (κ3) is 9.09. The minimum absolute atomic E-state index is 0.0417. The molecule has 2 aliphatic carbocycles. The van der Waals surface area contributed by atoms with Crippen LogP contribution in [0.2, 0.25) is 0 Å². The maximum absolute atomic E-state index is 14.8. The summed E-state index contributed by atoms with van der Waals surface area (Å²) in [5, 5.41) is 20.3. The molecule has 2 fully saturated rings. The Bertz CT molecular complexity index is 2610. The molecular formula is C40H36F6I2N2O8S2. The number of ether oxygens (including phenoxy) is 2. The molecule has 10 nitrogen and oxygen atoms in total. The van der Waals surface area contributed by atoms with Crippen LogP contribution < -0.4 is 18.9 Å². The molecular weight excluding hydrogens is 1070 g/mol. The van der Waals surface area contributed by atoms with E-state index < -0.39 is 95.2 Å². The number of fused-ring (bicyclic) bond motifs is 2. The van der Waals surface area contributed by atoms with E-state index in [4.69, 9.17) is 9.47 Å². The molecule has 2 spiro atoms. The first kappa shape index (κ1) is 44.7. The lowest BCUT2D eigenvalue weighted by molar-refractivity contribution is -0.0129. The lowest BCUT2D eigenvalue weighted by atomic mass is 10.0. The van der Waals surface area contributed by atoms with E-state index in [0.29, 0.717) is 32.5 Å². The van der Waals surface area contributed by atoms with Crippen molar-refractivity contribution < 1.29 is 62.9 Å². The number of aliphatic hydroxyl groups is 2. The van der Waals surface area contributed by atoms with E-state index in [1.165, 1.54) is 24.3 Å². The summed E-state index contributed by atoms with van der Waals surface area (Å²) >= 11 is 3.85. The monoisotopic (exact) mass is 1100 g/mol. The number of allylic oxidation sites excluding steroid dienone is 1. The third-order valence-electron chi connectivity index (χ3n) is 11.0. The number of nitrogens with one attached hydrogen (secondary N) is 2. The lowest BCUT2D eigenvalue weighted by Gasteiger charge is -2.28. The molecule has 8 rings (SSSR count). The average Bonchev–Trinajstić information content (AvgIpc) is 4.12. The van der Waals surface area contributed by atoms with Gasteiger partial charge in [0.05, 0.1) is 27.0 Å². The van der Waals surface area contributed by atoms with E-state index in [2.05, 4.69) is 9.44 Å². The molecule has 2 atom stereocenters. The summed E-state index contributed by atoms with van der Waals surface area (Å²) in [6, 6.07) is 10.1. The summed E-state index contributed by atoms with van der Waals surface area (Å²) in [7, 11) is -8.05. The van der Waals surface area contributed by atoms with Crippen molar-refractivity contribution in [1.82, 2.24) is 0 Å². The number of anilines is 2. The zero-order chi connectivity index (χ0) is 43.4. The highest BCUT2D eigenvalue weighted by Crippen LogP contribution is 2.51. The first-order chi connectivity index (χ1) is 28.3. The van der Waals surface area contributed by atoms with Gasteiger partial charge in [-0.3, -0.25) is 9.44 Å². The van der Waals surface area contributed by atoms with Gasteiger partial charge in [-0.1, -0.05) is 24.3 Å². The number of rotatable bonds is 4. The fraction of sp³-hybridized carbons (Fsp3) is 0.350. The van der Waals surface area contributed by atoms with Gasteiger partial charge >= 0.3 is 0 Å². The number of sulfonamides is 2. The van der Waals surface area contributed by atoms with Gasteiger partial charge in [-0.25, -0.2) is 43.2 Å². The highest BCUT2D eigenvalue weighted by Gasteiger charge is 2.57. The van der Waals surface area contributed by atoms with Gasteiger partial charge in [-0.05, 0) is 119 Å². The SMILES string of the molecule is O=S1(=O)Nc2c(cc(F)c(F)c2Cc2ccc(I)cc2F)OC/C=C/CC12CC2.O=S1(=O)Nc2c(cc(F)c(F)c2Cc2ccc(I)cc2F)OCC(O)C(O)CC12CC2. The fourth-order valence-corrected chi connectivity index (χ4v) is 11.3. The Hall–Kier alpha value is -3.32. The minimum atomic E-state index is -4.17. The Labute approximate surface area is 369 Å². The number of aliphatic hydroxyl groups excluding tert-OH is 2. The minimum Gasteiger partial charge on any atom is -0.488 e. The molecule has 0 amide bonds. The molecule has 4 aromatic carbocycles. The molecule has 2 saturated carbocycles. The van der Waals surface area contributed by atoms with E-state index in [1.807, 2.05) is 45.2 Å². The maximum Gasteiger partial charge on any atom is 0.238 e. The predicted octanol–water partition coefficient (Wildman–Crippen LogP) is 7.99. The van der Waals surface area contributed by atoms with Crippen LogP contribution in [0.1, 0.15) is 60.8 Å². The summed E-state index contributed by atoms with van der Waals surface area (Å²) < 4.78 is 154. The standard InChI is InChI=1S/C20H19F3INO5S.C20H17F3INO3S/c21-13-6-11(24)2-1-10(13)5-12-18(23)14(22)7-17-19(12)25-31(28,29)20(3-4-20)8-15(26)16(27)9-30-17;21-15-10-13(24)4-3-12(15)9-14-18(23)16(22)11-17-19(14)25-29(26,27)20(6-7-20)5-1-2-8-28-17/h1-2,6-7,15-16,25-27H,3-5,8-9H2;1-4,10-11,25H,5-9H2/b;2-1+. The van der Waals surface area contributed by atoms with Gasteiger partial charge < -0.3 is 19.7 Å². The van der Waals surface area contributed by atoms with Crippen molar-refractivity contribution in [2.75, 3.05) is 22.7 Å². The van der Waals surface area contributed by atoms with E-state index in [9.17, 15) is 53.4 Å². The van der Waals surface area contributed by atoms with Gasteiger partial charge in [0, 0.05) is 43.2 Å². The second kappa shape index (κ2) is 17.1. The van der Waals surface area contributed by atoms with Crippen molar-refractivity contribution in [1.29, 1.82) is 0 Å². The van der Waals surface area contributed by atoms with E-state index in [0.717, 1.165) is 6.07 Å². The smallest absolute Gasteiger partial charge is 0.238 e. The molecule has 322 valence electrons. The Morgan fingerprint density at radius 1 is 0.633 bits per heavy atom. The van der Waals surface area contributed by atoms with Crippen LogP contribution in [0.5, 0.6) is 11.5 Å². The van der Waals surface area contributed by atoms with Crippen molar-refractivity contribution in [2.45, 2.75) is 73.1 Å². The second-order valence-electron chi connectivity index (χ2n) is 15.1. The number of hydrogen-bond acceptors (Lipinski definition) is 8. The third-order valence-corrected chi connectivity index (χ3v) is 16.7. The fourth-order valence-electron chi connectivity index (χ4n) is 7.04. The molecule has 4 aromatic rings. The number of benzene rings is 4. The van der Waals surface area contributed by atoms with Crippen molar-refractivity contribution >= 4 is 76.6 Å². The van der Waals surface area contributed by atoms with Crippen LogP contribution in [-0.4, -0.2) is 62.0 Å². The quantitative estimate of drug-likeness (QED) is 0.0913. The molecule has 20 heteroatoms. The van der Waals surface area contributed by atoms with Gasteiger partial charge in [0.1, 0.15) is 42.5 Å². The summed E-state index contributed by atoms with van der Waals surface area (Å²) in [6.45, 7) is -0.387. The van der Waals surface area contributed by atoms with Crippen LogP contribution in [0.4, 0.5) is 37.7 Å². The molecule has 0 saturated heterocycles. The molecule has 2 heterocycles. The largest absolute Gasteiger partial charge is 0.488 e. The van der Waals surface area contributed by atoms with Crippen LogP contribution in [0.25, 0.3) is 0 Å². The molecule has 4 aliphatic rings. The van der Waals surface area contributed by atoms with Gasteiger partial charge in [0.25, 0.3) is 0 Å². The molecule has 2 aliphatic heterocycles. The summed E-state index contributed by atoms with van der Waals surface area (Å²) in [6.07, 6.45) is 1.35. The average molecular weight is 1100 g/mol. The van der Waals surface area contributed by atoms with Crippen LogP contribution in [0.15, 0.2) is 60.7 Å². The Morgan fingerprint density at radius 2 is 1.10 bits per heavy atom. The highest BCUT2D eigenvalue weighted by molar-refractivity contribution is 14.1. The molecule has 4 N–H and O–H groups in total. The van der Waals surface area contributed by atoms with E-state index >= 15 is 0 Å².